The number of nitrogens with zero attached hydrogens (tertiary/aromatic N) is 5. The third kappa shape index (κ3) is 3.60. The van der Waals surface area contributed by atoms with Crippen molar-refractivity contribution in [3.63, 3.8) is 0 Å². The summed E-state index contributed by atoms with van der Waals surface area (Å²) in [6.45, 7) is 0.832. The van der Waals surface area contributed by atoms with Crippen LogP contribution in [0, 0.1) is 0 Å². The van der Waals surface area contributed by atoms with Crippen LogP contribution in [-0.2, 0) is 6.42 Å². The zero-order valence-corrected chi connectivity index (χ0v) is 15.4. The van der Waals surface area contributed by atoms with Crippen LogP contribution in [0.4, 0.5) is 5.82 Å². The quantitative estimate of drug-likeness (QED) is 0.528. The number of fused-ring (bicyclic) bond motifs is 1. The number of anilines is 1. The average molecular weight is 359 g/mol. The lowest BCUT2D eigenvalue weighted by Gasteiger charge is -2.18. The van der Waals surface area contributed by atoms with Gasteiger partial charge in [-0.25, -0.2) is 9.50 Å². The third-order valence-corrected chi connectivity index (χ3v) is 4.53. The summed E-state index contributed by atoms with van der Waals surface area (Å²) < 4.78 is 7.21. The Balaban J connectivity index is 1.61. The van der Waals surface area contributed by atoms with E-state index in [0.29, 0.717) is 0 Å². The standard InChI is InChI=1S/C21H21N5O/c1-25(13-11-17-7-3-4-12-22-17)21-10-9-20-23-15-19(26(20)24-21)16-6-5-8-18(14-16)27-2/h3-10,12,14-15H,11,13H2,1-2H3. The van der Waals surface area contributed by atoms with Gasteiger partial charge < -0.3 is 9.64 Å². The van der Waals surface area contributed by atoms with E-state index in [0.717, 1.165) is 47.1 Å². The molecule has 0 unspecified atom stereocenters. The lowest BCUT2D eigenvalue weighted by molar-refractivity contribution is 0.415. The first-order chi connectivity index (χ1) is 13.2. The van der Waals surface area contributed by atoms with Crippen molar-refractivity contribution in [2.75, 3.05) is 25.6 Å². The summed E-state index contributed by atoms with van der Waals surface area (Å²) in [5.74, 6) is 1.70. The largest absolute Gasteiger partial charge is 0.497 e. The molecule has 0 atom stereocenters. The Morgan fingerprint density at radius 1 is 1.04 bits per heavy atom. The summed E-state index contributed by atoms with van der Waals surface area (Å²) in [6, 6.07) is 17.9. The molecule has 0 aliphatic heterocycles. The highest BCUT2D eigenvalue weighted by molar-refractivity contribution is 5.65. The normalized spacial score (nSPS) is 10.9. The van der Waals surface area contributed by atoms with Crippen LogP contribution in [0.15, 0.2) is 67.0 Å². The molecular weight excluding hydrogens is 338 g/mol. The molecule has 27 heavy (non-hydrogen) atoms. The molecule has 0 spiro atoms. The minimum atomic E-state index is 0.811. The molecule has 0 amide bonds. The fourth-order valence-electron chi connectivity index (χ4n) is 2.99. The van der Waals surface area contributed by atoms with Crippen LogP contribution < -0.4 is 9.64 Å². The van der Waals surface area contributed by atoms with Crippen molar-refractivity contribution in [3.05, 3.63) is 72.7 Å². The first-order valence-electron chi connectivity index (χ1n) is 8.85. The maximum absolute atomic E-state index is 5.34. The fraction of sp³-hybridized carbons (Fsp3) is 0.190. The van der Waals surface area contributed by atoms with Crippen molar-refractivity contribution in [2.24, 2.45) is 0 Å². The van der Waals surface area contributed by atoms with Crippen molar-refractivity contribution in [3.8, 4) is 17.0 Å². The van der Waals surface area contributed by atoms with E-state index in [1.807, 2.05) is 78.6 Å². The summed E-state index contributed by atoms with van der Waals surface area (Å²) in [6.07, 6.45) is 4.53. The molecule has 3 heterocycles. The second-order valence-electron chi connectivity index (χ2n) is 6.33. The Morgan fingerprint density at radius 2 is 1.96 bits per heavy atom. The molecule has 4 rings (SSSR count). The molecule has 0 saturated carbocycles. The summed E-state index contributed by atoms with van der Waals surface area (Å²) in [5, 5.41) is 4.80. The van der Waals surface area contributed by atoms with Gasteiger partial charge in [0.15, 0.2) is 5.65 Å². The molecule has 3 aromatic heterocycles. The molecule has 0 saturated heterocycles. The molecular formula is C21H21N5O. The number of pyridine rings is 1. The van der Waals surface area contributed by atoms with E-state index in [2.05, 4.69) is 14.9 Å². The number of hydrogen-bond acceptors (Lipinski definition) is 5. The summed E-state index contributed by atoms with van der Waals surface area (Å²) in [4.78, 5) is 11.0. The molecule has 4 aromatic rings. The second-order valence-corrected chi connectivity index (χ2v) is 6.33. The second kappa shape index (κ2) is 7.45. The molecule has 0 N–H and O–H groups in total. The van der Waals surface area contributed by atoms with E-state index in [-0.39, 0.29) is 0 Å². The fourth-order valence-corrected chi connectivity index (χ4v) is 2.99. The number of aromatic nitrogens is 4. The first kappa shape index (κ1) is 17.0. The van der Waals surface area contributed by atoms with Gasteiger partial charge in [0, 0.05) is 37.5 Å². The number of benzene rings is 1. The lowest BCUT2D eigenvalue weighted by Crippen LogP contribution is -2.22. The molecule has 6 heteroatoms. The van der Waals surface area contributed by atoms with Gasteiger partial charge in [0.1, 0.15) is 11.6 Å². The average Bonchev–Trinajstić information content (AvgIpc) is 3.16. The molecule has 0 aliphatic rings. The summed E-state index contributed by atoms with van der Waals surface area (Å²) in [7, 11) is 3.71. The Morgan fingerprint density at radius 3 is 2.78 bits per heavy atom. The van der Waals surface area contributed by atoms with E-state index >= 15 is 0 Å². The number of hydrogen-bond donors (Lipinski definition) is 0. The smallest absolute Gasteiger partial charge is 0.154 e. The zero-order chi connectivity index (χ0) is 18.6. The van der Waals surface area contributed by atoms with E-state index < -0.39 is 0 Å². The van der Waals surface area contributed by atoms with Crippen LogP contribution in [0.25, 0.3) is 16.9 Å². The van der Waals surface area contributed by atoms with Gasteiger partial charge in [-0.1, -0.05) is 18.2 Å². The van der Waals surface area contributed by atoms with Crippen LogP contribution in [0.3, 0.4) is 0 Å². The minimum absolute atomic E-state index is 0.811. The topological polar surface area (TPSA) is 55.5 Å². The van der Waals surface area contributed by atoms with Crippen molar-refractivity contribution in [2.45, 2.75) is 6.42 Å². The Kier molecular flexibility index (Phi) is 4.70. The number of imidazole rings is 1. The predicted molar refractivity (Wildman–Crippen MR) is 106 cm³/mol. The van der Waals surface area contributed by atoms with Crippen LogP contribution in [0.5, 0.6) is 5.75 Å². The van der Waals surface area contributed by atoms with E-state index in [1.54, 1.807) is 7.11 Å². The zero-order valence-electron chi connectivity index (χ0n) is 15.4. The third-order valence-electron chi connectivity index (χ3n) is 4.53. The maximum Gasteiger partial charge on any atom is 0.154 e. The van der Waals surface area contributed by atoms with Crippen molar-refractivity contribution in [1.29, 1.82) is 0 Å². The molecule has 0 fully saturated rings. The van der Waals surface area contributed by atoms with Gasteiger partial charge in [-0.15, -0.1) is 5.10 Å². The number of likely N-dealkylation sites (N-methyl/N-ethyl adjacent to an activating group) is 1. The Labute approximate surface area is 158 Å². The molecule has 6 nitrogen and oxygen atoms in total. The van der Waals surface area contributed by atoms with E-state index in [1.165, 1.54) is 0 Å². The maximum atomic E-state index is 5.34. The molecule has 1 aromatic carbocycles. The Bertz CT molecular complexity index is 1040. The number of methoxy groups -OCH3 is 1. The van der Waals surface area contributed by atoms with E-state index in [9.17, 15) is 0 Å². The van der Waals surface area contributed by atoms with Crippen molar-refractivity contribution in [1.82, 2.24) is 19.6 Å². The SMILES string of the molecule is COc1cccc(-c2cnc3ccc(N(C)CCc4ccccn4)nn23)c1. The van der Waals surface area contributed by atoms with Crippen LogP contribution >= 0.6 is 0 Å². The molecule has 0 aliphatic carbocycles. The Hall–Kier alpha value is -3.41. The highest BCUT2D eigenvalue weighted by atomic mass is 16.5. The molecule has 0 radical (unpaired) electrons. The van der Waals surface area contributed by atoms with Crippen LogP contribution in [0.2, 0.25) is 0 Å². The number of rotatable bonds is 6. The molecule has 136 valence electrons. The van der Waals surface area contributed by atoms with Gasteiger partial charge in [-0.2, -0.15) is 0 Å². The van der Waals surface area contributed by atoms with Gasteiger partial charge in [-0.3, -0.25) is 4.98 Å². The predicted octanol–water partition coefficient (Wildman–Crippen LogP) is 3.48. The summed E-state index contributed by atoms with van der Waals surface area (Å²) in [5.41, 5.74) is 3.84. The first-order valence-corrected chi connectivity index (χ1v) is 8.85. The van der Waals surface area contributed by atoms with Gasteiger partial charge in [0.2, 0.25) is 0 Å². The van der Waals surface area contributed by atoms with Gasteiger partial charge in [-0.05, 0) is 36.4 Å². The monoisotopic (exact) mass is 359 g/mol. The van der Waals surface area contributed by atoms with Gasteiger partial charge in [0.25, 0.3) is 0 Å². The molecule has 0 bridgehead atoms. The van der Waals surface area contributed by atoms with Crippen LogP contribution in [-0.4, -0.2) is 40.3 Å². The van der Waals surface area contributed by atoms with E-state index in [4.69, 9.17) is 9.84 Å². The highest BCUT2D eigenvalue weighted by Crippen LogP contribution is 2.25. The van der Waals surface area contributed by atoms with Crippen molar-refractivity contribution >= 4 is 11.5 Å². The van der Waals surface area contributed by atoms with Gasteiger partial charge >= 0.3 is 0 Å². The lowest BCUT2D eigenvalue weighted by atomic mass is 10.1. The number of ether oxygens (including phenoxy) is 1. The van der Waals surface area contributed by atoms with Crippen LogP contribution in [0.1, 0.15) is 5.69 Å². The highest BCUT2D eigenvalue weighted by Gasteiger charge is 2.11. The minimum Gasteiger partial charge on any atom is -0.497 e. The summed E-state index contributed by atoms with van der Waals surface area (Å²) >= 11 is 0. The van der Waals surface area contributed by atoms with Crippen molar-refractivity contribution < 1.29 is 4.74 Å². The van der Waals surface area contributed by atoms with Gasteiger partial charge in [0.05, 0.1) is 19.0 Å².